The summed E-state index contributed by atoms with van der Waals surface area (Å²) in [6, 6.07) is 17.8. The molecule has 1 spiro atoms. The Hall–Kier alpha value is -4.44. The molecule has 0 aliphatic carbocycles. The lowest BCUT2D eigenvalue weighted by Crippen LogP contribution is -2.55. The highest BCUT2D eigenvalue weighted by atomic mass is 16.5. The fraction of sp³-hybridized carbons (Fsp3) is 0.355. The standard InChI is InChI=1S/C31H32N4O6/c1-19-17-23(34-40-19)33-27(36)24-25-29(38)35(16-13-20-9-11-22(39-3)12-10-20)26(31(25)15-14-30(24,2)41-31)28(37)32-18-21-7-5-4-6-8-21/h4-12,14-15,17,24-26H,13,16,18H2,1-3H3,(H,32,37)(H,33,34,36)/t24-,25+,26+,30-,31+/m0/s1. The predicted molar refractivity (Wildman–Crippen MR) is 149 cm³/mol. The Bertz CT molecular complexity index is 1500. The van der Waals surface area contributed by atoms with E-state index in [0.717, 1.165) is 16.9 Å². The summed E-state index contributed by atoms with van der Waals surface area (Å²) in [4.78, 5) is 43.3. The second-order valence-electron chi connectivity index (χ2n) is 11.0. The number of ether oxygens (including phenoxy) is 2. The van der Waals surface area contributed by atoms with Crippen LogP contribution in [0.15, 0.2) is 77.3 Å². The van der Waals surface area contributed by atoms with Gasteiger partial charge in [-0.25, -0.2) is 0 Å². The maximum absolute atomic E-state index is 14.2. The van der Waals surface area contributed by atoms with Gasteiger partial charge in [0.15, 0.2) is 5.82 Å². The summed E-state index contributed by atoms with van der Waals surface area (Å²) in [5.74, 6) is -1.24. The van der Waals surface area contributed by atoms with E-state index in [1.54, 1.807) is 44.1 Å². The van der Waals surface area contributed by atoms with Crippen molar-refractivity contribution in [3.05, 3.63) is 89.7 Å². The van der Waals surface area contributed by atoms with E-state index < -0.39 is 35.0 Å². The number of carbonyl (C=O) groups excluding carboxylic acids is 3. The van der Waals surface area contributed by atoms with Crippen molar-refractivity contribution in [3.8, 4) is 5.75 Å². The quantitative estimate of drug-likeness (QED) is 0.389. The molecule has 2 saturated heterocycles. The normalized spacial score (nSPS) is 27.6. The van der Waals surface area contributed by atoms with Crippen molar-refractivity contribution in [3.63, 3.8) is 0 Å². The second kappa shape index (κ2) is 10.2. The Kier molecular flexibility index (Phi) is 6.65. The van der Waals surface area contributed by atoms with Gasteiger partial charge in [-0.15, -0.1) is 0 Å². The van der Waals surface area contributed by atoms with Crippen molar-refractivity contribution in [1.82, 2.24) is 15.4 Å². The van der Waals surface area contributed by atoms with Crippen LogP contribution >= 0.6 is 0 Å². The molecule has 2 bridgehead atoms. The van der Waals surface area contributed by atoms with Crippen molar-refractivity contribution >= 4 is 23.5 Å². The van der Waals surface area contributed by atoms with Crippen molar-refractivity contribution in [2.45, 2.75) is 44.1 Å². The molecule has 2 aromatic carbocycles. The van der Waals surface area contributed by atoms with E-state index in [1.807, 2.05) is 54.6 Å². The molecule has 3 amide bonds. The molecule has 3 aromatic rings. The van der Waals surface area contributed by atoms with Crippen LogP contribution in [0.4, 0.5) is 5.82 Å². The molecule has 3 aliphatic rings. The van der Waals surface area contributed by atoms with Gasteiger partial charge in [0, 0.05) is 19.2 Å². The highest BCUT2D eigenvalue weighted by molar-refractivity contribution is 6.03. The molecule has 1 aromatic heterocycles. The lowest BCUT2D eigenvalue weighted by molar-refractivity contribution is -0.144. The first-order valence-electron chi connectivity index (χ1n) is 13.6. The first-order chi connectivity index (χ1) is 19.7. The number of hydrogen-bond donors (Lipinski definition) is 2. The number of nitrogens with one attached hydrogen (secondary N) is 2. The number of amides is 3. The molecule has 0 radical (unpaired) electrons. The van der Waals surface area contributed by atoms with Gasteiger partial charge in [-0.1, -0.05) is 59.8 Å². The molecule has 10 nitrogen and oxygen atoms in total. The smallest absolute Gasteiger partial charge is 0.246 e. The minimum Gasteiger partial charge on any atom is -0.497 e. The number of carbonyl (C=O) groups is 3. The fourth-order valence-electron chi connectivity index (χ4n) is 6.42. The molecular weight excluding hydrogens is 524 g/mol. The number of aryl methyl sites for hydroxylation is 1. The first-order valence-corrected chi connectivity index (χ1v) is 13.6. The highest BCUT2D eigenvalue weighted by Crippen LogP contribution is 2.59. The van der Waals surface area contributed by atoms with Crippen LogP contribution in [0.2, 0.25) is 0 Å². The minimum absolute atomic E-state index is 0.260. The van der Waals surface area contributed by atoms with E-state index in [-0.39, 0.29) is 24.2 Å². The summed E-state index contributed by atoms with van der Waals surface area (Å²) in [6.07, 6.45) is 4.12. The molecule has 212 valence electrons. The number of fused-ring (bicyclic) bond motifs is 1. The summed E-state index contributed by atoms with van der Waals surface area (Å²) in [6.45, 7) is 4.08. The number of methoxy groups -OCH3 is 1. The molecule has 0 saturated carbocycles. The number of anilines is 1. The largest absolute Gasteiger partial charge is 0.497 e. The van der Waals surface area contributed by atoms with Crippen LogP contribution in [0.5, 0.6) is 5.75 Å². The van der Waals surface area contributed by atoms with Crippen LogP contribution in [0.3, 0.4) is 0 Å². The van der Waals surface area contributed by atoms with Gasteiger partial charge in [-0.3, -0.25) is 14.4 Å². The topological polar surface area (TPSA) is 123 Å². The zero-order valence-corrected chi connectivity index (χ0v) is 23.1. The zero-order valence-electron chi connectivity index (χ0n) is 23.1. The van der Waals surface area contributed by atoms with Crippen LogP contribution in [0, 0.1) is 18.8 Å². The predicted octanol–water partition coefficient (Wildman–Crippen LogP) is 3.03. The number of benzene rings is 2. The van der Waals surface area contributed by atoms with E-state index in [1.165, 1.54) is 0 Å². The number of nitrogens with zero attached hydrogens (tertiary/aromatic N) is 2. The Balaban J connectivity index is 1.30. The van der Waals surface area contributed by atoms with Gasteiger partial charge in [-0.2, -0.15) is 0 Å². The van der Waals surface area contributed by atoms with Crippen LogP contribution in [0.1, 0.15) is 23.8 Å². The van der Waals surface area contributed by atoms with Crippen molar-refractivity contribution < 1.29 is 28.4 Å². The van der Waals surface area contributed by atoms with Crippen LogP contribution in [0.25, 0.3) is 0 Å². The van der Waals surface area contributed by atoms with Crippen LogP contribution in [-0.4, -0.2) is 58.7 Å². The Morgan fingerprint density at radius 1 is 1.05 bits per heavy atom. The van der Waals surface area contributed by atoms with E-state index in [9.17, 15) is 14.4 Å². The summed E-state index contributed by atoms with van der Waals surface area (Å²) >= 11 is 0. The summed E-state index contributed by atoms with van der Waals surface area (Å²) in [5, 5.41) is 9.65. The Labute approximate surface area is 237 Å². The van der Waals surface area contributed by atoms with Gasteiger partial charge in [0.05, 0.1) is 24.5 Å². The first kappa shape index (κ1) is 26.8. The molecule has 4 heterocycles. The summed E-state index contributed by atoms with van der Waals surface area (Å²) in [5.41, 5.74) is -0.430. The third-order valence-corrected chi connectivity index (χ3v) is 8.32. The van der Waals surface area contributed by atoms with E-state index in [2.05, 4.69) is 15.8 Å². The van der Waals surface area contributed by atoms with Gasteiger partial charge in [0.1, 0.15) is 23.2 Å². The van der Waals surface area contributed by atoms with Crippen molar-refractivity contribution in [2.75, 3.05) is 19.0 Å². The van der Waals surface area contributed by atoms with Crippen molar-refractivity contribution in [2.24, 2.45) is 11.8 Å². The van der Waals surface area contributed by atoms with Gasteiger partial charge >= 0.3 is 0 Å². The number of hydrogen-bond acceptors (Lipinski definition) is 7. The van der Waals surface area contributed by atoms with Gasteiger partial charge < -0.3 is 29.5 Å². The van der Waals surface area contributed by atoms with Crippen LogP contribution < -0.4 is 15.4 Å². The Morgan fingerprint density at radius 3 is 2.49 bits per heavy atom. The molecule has 0 unspecified atom stereocenters. The molecule has 5 atom stereocenters. The van der Waals surface area contributed by atoms with E-state index in [0.29, 0.717) is 18.7 Å². The highest BCUT2D eigenvalue weighted by Gasteiger charge is 2.76. The maximum Gasteiger partial charge on any atom is 0.246 e. The maximum atomic E-state index is 14.2. The van der Waals surface area contributed by atoms with E-state index >= 15 is 0 Å². The van der Waals surface area contributed by atoms with Gasteiger partial charge in [-0.05, 0) is 43.5 Å². The van der Waals surface area contributed by atoms with Gasteiger partial charge in [0.2, 0.25) is 17.7 Å². The molecular formula is C31H32N4O6. The number of likely N-dealkylation sites (tertiary alicyclic amines) is 1. The number of aromatic nitrogens is 1. The molecule has 2 fully saturated rings. The second-order valence-corrected chi connectivity index (χ2v) is 11.0. The van der Waals surface area contributed by atoms with Gasteiger partial charge in [0.25, 0.3) is 0 Å². The molecule has 2 N–H and O–H groups in total. The monoisotopic (exact) mass is 556 g/mol. The van der Waals surface area contributed by atoms with Crippen LogP contribution in [-0.2, 0) is 32.1 Å². The molecule has 10 heteroatoms. The Morgan fingerprint density at radius 2 is 1.80 bits per heavy atom. The fourth-order valence-corrected chi connectivity index (χ4v) is 6.42. The third kappa shape index (κ3) is 4.58. The minimum atomic E-state index is -1.28. The molecule has 41 heavy (non-hydrogen) atoms. The average Bonchev–Trinajstić information content (AvgIpc) is 3.68. The SMILES string of the molecule is COc1ccc(CCN2C(=O)[C@H]3[C@@H](C(=O)Nc4cc(C)on4)[C@]4(C)C=C[C@]3(O4)[C@H]2C(=O)NCc2ccccc2)cc1. The third-order valence-electron chi connectivity index (χ3n) is 8.32. The average molecular weight is 557 g/mol. The summed E-state index contributed by atoms with van der Waals surface area (Å²) in [7, 11) is 1.61. The molecule has 6 rings (SSSR count). The lowest BCUT2D eigenvalue weighted by atomic mass is 9.70. The summed E-state index contributed by atoms with van der Waals surface area (Å²) < 4.78 is 16.9. The molecule has 3 aliphatic heterocycles. The zero-order chi connectivity index (χ0) is 28.8. The van der Waals surface area contributed by atoms with Crippen molar-refractivity contribution in [1.29, 1.82) is 0 Å². The number of rotatable bonds is 9. The lowest BCUT2D eigenvalue weighted by Gasteiger charge is -2.33. The van der Waals surface area contributed by atoms with E-state index in [4.69, 9.17) is 14.0 Å².